The molecule has 7 nitrogen and oxygen atoms in total. The summed E-state index contributed by atoms with van der Waals surface area (Å²) < 4.78 is 16.4. The van der Waals surface area contributed by atoms with Crippen molar-refractivity contribution in [1.29, 1.82) is 0 Å². The first-order valence-corrected chi connectivity index (χ1v) is 8.47. The molecule has 0 aliphatic heterocycles. The average molecular weight is 355 g/mol. The summed E-state index contributed by atoms with van der Waals surface area (Å²) in [6, 6.07) is 10.8. The summed E-state index contributed by atoms with van der Waals surface area (Å²) in [6.07, 6.45) is 1.57. The summed E-state index contributed by atoms with van der Waals surface area (Å²) >= 11 is 0. The fourth-order valence-electron chi connectivity index (χ4n) is 2.47. The van der Waals surface area contributed by atoms with Crippen LogP contribution >= 0.6 is 0 Å². The van der Waals surface area contributed by atoms with Crippen LogP contribution in [0.4, 0.5) is 0 Å². The van der Waals surface area contributed by atoms with E-state index in [1.165, 1.54) is 0 Å². The minimum absolute atomic E-state index is 0.272. The molecule has 0 radical (unpaired) electrons. The summed E-state index contributed by atoms with van der Waals surface area (Å²) in [6.45, 7) is 5.30. The van der Waals surface area contributed by atoms with Crippen LogP contribution in [-0.4, -0.2) is 29.3 Å². The lowest BCUT2D eigenvalue weighted by Gasteiger charge is -2.12. The summed E-state index contributed by atoms with van der Waals surface area (Å²) in [5.74, 6) is 1.72. The Bertz CT molecular complexity index is 856. The number of H-pyrrole nitrogens is 1. The number of hydrogen-bond acceptors (Lipinski definition) is 5. The van der Waals surface area contributed by atoms with Gasteiger partial charge in [-0.3, -0.25) is 9.89 Å². The van der Waals surface area contributed by atoms with Crippen molar-refractivity contribution in [3.63, 3.8) is 0 Å². The molecule has 0 saturated carbocycles. The predicted octanol–water partition coefficient (Wildman–Crippen LogP) is 3.40. The number of ether oxygens (including phenoxy) is 2. The number of carbonyl (C=O) groups excluding carboxylic acids is 1. The number of amides is 1. The number of nitrogens with one attached hydrogen (secondary N) is 2. The second-order valence-electron chi connectivity index (χ2n) is 5.47. The number of rotatable bonds is 8. The molecule has 2 N–H and O–H groups in total. The largest absolute Gasteiger partial charge is 0.490 e. The van der Waals surface area contributed by atoms with Gasteiger partial charge in [-0.25, -0.2) is 0 Å². The molecule has 0 fully saturated rings. The quantitative estimate of drug-likeness (QED) is 0.646. The number of furan rings is 1. The Morgan fingerprint density at radius 3 is 2.69 bits per heavy atom. The first-order valence-electron chi connectivity index (χ1n) is 8.47. The highest BCUT2D eigenvalue weighted by Gasteiger charge is 2.13. The standard InChI is InChI=1S/C19H21N3O4/c1-3-24-17-8-7-13(10-18(17)25-4-2)12-20-19(23)15-11-14(21-22-15)16-6-5-9-26-16/h5-11H,3-4,12H2,1-2H3,(H,20,23)(H,21,22). The van der Waals surface area contributed by atoms with Crippen molar-refractivity contribution in [3.05, 3.63) is 53.9 Å². The van der Waals surface area contributed by atoms with Crippen LogP contribution in [-0.2, 0) is 6.54 Å². The van der Waals surface area contributed by atoms with E-state index in [0.29, 0.717) is 48.4 Å². The molecule has 1 aromatic carbocycles. The van der Waals surface area contributed by atoms with Crippen molar-refractivity contribution in [2.24, 2.45) is 0 Å². The van der Waals surface area contributed by atoms with Crippen LogP contribution in [0.1, 0.15) is 29.9 Å². The fraction of sp³-hybridized carbons (Fsp3) is 0.263. The molecular weight excluding hydrogens is 334 g/mol. The van der Waals surface area contributed by atoms with Crippen molar-refractivity contribution in [1.82, 2.24) is 15.5 Å². The van der Waals surface area contributed by atoms with Crippen molar-refractivity contribution >= 4 is 5.91 Å². The summed E-state index contributed by atoms with van der Waals surface area (Å²) in [5.41, 5.74) is 1.86. The van der Waals surface area contributed by atoms with Gasteiger partial charge >= 0.3 is 0 Å². The van der Waals surface area contributed by atoms with Gasteiger partial charge in [0.05, 0.1) is 19.5 Å². The molecule has 2 aromatic heterocycles. The molecule has 0 aliphatic carbocycles. The Morgan fingerprint density at radius 2 is 1.96 bits per heavy atom. The minimum Gasteiger partial charge on any atom is -0.490 e. The van der Waals surface area contributed by atoms with Crippen molar-refractivity contribution in [3.8, 4) is 23.0 Å². The lowest BCUT2D eigenvalue weighted by Crippen LogP contribution is -2.23. The number of aromatic nitrogens is 2. The van der Waals surface area contributed by atoms with Crippen molar-refractivity contribution in [2.45, 2.75) is 20.4 Å². The first kappa shape index (κ1) is 17.6. The smallest absolute Gasteiger partial charge is 0.272 e. The minimum atomic E-state index is -0.272. The van der Waals surface area contributed by atoms with E-state index in [1.807, 2.05) is 32.0 Å². The normalized spacial score (nSPS) is 10.5. The molecular formula is C19H21N3O4. The topological polar surface area (TPSA) is 89.4 Å². The van der Waals surface area contributed by atoms with Crippen LogP contribution in [0.3, 0.4) is 0 Å². The van der Waals surface area contributed by atoms with Crippen LogP contribution in [0.2, 0.25) is 0 Å². The van der Waals surface area contributed by atoms with Crippen LogP contribution in [0.25, 0.3) is 11.5 Å². The van der Waals surface area contributed by atoms with E-state index < -0.39 is 0 Å². The molecule has 0 atom stereocenters. The van der Waals surface area contributed by atoms with Crippen LogP contribution in [0.15, 0.2) is 47.1 Å². The van der Waals surface area contributed by atoms with E-state index >= 15 is 0 Å². The number of aromatic amines is 1. The van der Waals surface area contributed by atoms with E-state index in [1.54, 1.807) is 24.5 Å². The zero-order chi connectivity index (χ0) is 18.4. The zero-order valence-electron chi connectivity index (χ0n) is 14.7. The highest BCUT2D eigenvalue weighted by Crippen LogP contribution is 2.28. The van der Waals surface area contributed by atoms with Gasteiger partial charge in [0.1, 0.15) is 5.69 Å². The average Bonchev–Trinajstić information content (AvgIpc) is 3.33. The molecule has 0 saturated heterocycles. The van der Waals surface area contributed by atoms with Gasteiger partial charge in [-0.05, 0) is 43.7 Å². The molecule has 2 heterocycles. The van der Waals surface area contributed by atoms with E-state index in [4.69, 9.17) is 13.9 Å². The van der Waals surface area contributed by atoms with Gasteiger partial charge < -0.3 is 19.2 Å². The molecule has 0 bridgehead atoms. The summed E-state index contributed by atoms with van der Waals surface area (Å²) in [4.78, 5) is 12.3. The molecule has 7 heteroatoms. The Balaban J connectivity index is 1.65. The molecule has 26 heavy (non-hydrogen) atoms. The number of benzene rings is 1. The van der Waals surface area contributed by atoms with Crippen molar-refractivity contribution in [2.75, 3.05) is 13.2 Å². The predicted molar refractivity (Wildman–Crippen MR) is 96.2 cm³/mol. The number of nitrogens with zero attached hydrogens (tertiary/aromatic N) is 1. The van der Waals surface area contributed by atoms with Gasteiger partial charge in [0.25, 0.3) is 5.91 Å². The molecule has 3 aromatic rings. The van der Waals surface area contributed by atoms with Crippen LogP contribution in [0.5, 0.6) is 11.5 Å². The Hall–Kier alpha value is -3.22. The van der Waals surface area contributed by atoms with E-state index in [2.05, 4.69) is 15.5 Å². The Kier molecular flexibility index (Phi) is 5.58. The van der Waals surface area contributed by atoms with E-state index in [9.17, 15) is 4.79 Å². The summed E-state index contributed by atoms with van der Waals surface area (Å²) in [7, 11) is 0. The lowest BCUT2D eigenvalue weighted by atomic mass is 10.2. The maximum atomic E-state index is 12.3. The maximum absolute atomic E-state index is 12.3. The van der Waals surface area contributed by atoms with Crippen LogP contribution in [0, 0.1) is 0 Å². The maximum Gasteiger partial charge on any atom is 0.272 e. The lowest BCUT2D eigenvalue weighted by molar-refractivity contribution is 0.0946. The van der Waals surface area contributed by atoms with Gasteiger partial charge in [-0.1, -0.05) is 6.07 Å². The SMILES string of the molecule is CCOc1ccc(CNC(=O)c2cc(-c3ccco3)[nH]n2)cc1OCC. The van der Waals surface area contributed by atoms with Crippen LogP contribution < -0.4 is 14.8 Å². The number of carbonyl (C=O) groups is 1. The van der Waals surface area contributed by atoms with Gasteiger partial charge in [0.15, 0.2) is 23.0 Å². The third-order valence-corrected chi connectivity index (χ3v) is 3.66. The van der Waals surface area contributed by atoms with Gasteiger partial charge in [-0.15, -0.1) is 0 Å². The molecule has 1 amide bonds. The third-order valence-electron chi connectivity index (χ3n) is 3.66. The molecule has 3 rings (SSSR count). The second-order valence-corrected chi connectivity index (χ2v) is 5.47. The second kappa shape index (κ2) is 8.24. The van der Waals surface area contributed by atoms with Gasteiger partial charge in [-0.2, -0.15) is 5.10 Å². The van der Waals surface area contributed by atoms with E-state index in [-0.39, 0.29) is 5.91 Å². The Labute approximate surface area is 151 Å². The zero-order valence-corrected chi connectivity index (χ0v) is 14.7. The number of hydrogen-bond donors (Lipinski definition) is 2. The molecule has 136 valence electrons. The Morgan fingerprint density at radius 1 is 1.15 bits per heavy atom. The molecule has 0 spiro atoms. The highest BCUT2D eigenvalue weighted by molar-refractivity contribution is 5.93. The summed E-state index contributed by atoms with van der Waals surface area (Å²) in [5, 5.41) is 9.67. The molecule has 0 unspecified atom stereocenters. The monoisotopic (exact) mass is 355 g/mol. The molecule has 0 aliphatic rings. The van der Waals surface area contributed by atoms with E-state index in [0.717, 1.165) is 5.56 Å². The fourth-order valence-corrected chi connectivity index (χ4v) is 2.47. The van der Waals surface area contributed by atoms with Gasteiger partial charge in [0.2, 0.25) is 0 Å². The third kappa shape index (κ3) is 4.05. The highest BCUT2D eigenvalue weighted by atomic mass is 16.5. The van der Waals surface area contributed by atoms with Gasteiger partial charge in [0, 0.05) is 12.6 Å². The first-order chi connectivity index (χ1) is 12.7. The van der Waals surface area contributed by atoms with Crippen molar-refractivity contribution < 1.29 is 18.7 Å².